The van der Waals surface area contributed by atoms with E-state index in [9.17, 15) is 0 Å². The predicted octanol–water partition coefficient (Wildman–Crippen LogP) is 18.0. The number of rotatable bonds is 8. The van der Waals surface area contributed by atoms with Gasteiger partial charge in [-0.05, 0) is 128 Å². The first-order valence-electron chi connectivity index (χ1n) is 22.9. The molecule has 0 N–H and O–H groups in total. The number of furan rings is 1. The number of fused-ring (bicyclic) bond motifs is 8. The van der Waals surface area contributed by atoms with E-state index in [-0.39, 0.29) is 0 Å². The van der Waals surface area contributed by atoms with Crippen LogP contribution in [0.4, 0.5) is 17.1 Å². The normalized spacial score (nSPS) is 11.6. The van der Waals surface area contributed by atoms with Crippen LogP contribution in [0.5, 0.6) is 0 Å². The van der Waals surface area contributed by atoms with Gasteiger partial charge in [0, 0.05) is 38.6 Å². The summed E-state index contributed by atoms with van der Waals surface area (Å²) in [6.45, 7) is 0. The Bertz CT molecular complexity index is 3960. The largest absolute Gasteiger partial charge is 0.454 e. The average molecular weight is 855 g/mol. The summed E-state index contributed by atoms with van der Waals surface area (Å²) in [6.07, 6.45) is 0. The van der Waals surface area contributed by atoms with Crippen molar-refractivity contribution in [3.8, 4) is 50.2 Å². The van der Waals surface area contributed by atoms with Gasteiger partial charge in [-0.3, -0.25) is 0 Å². The van der Waals surface area contributed by atoms with Crippen LogP contribution in [0.3, 0.4) is 0 Å². The molecule has 0 bridgehead atoms. The maximum Gasteiger partial charge on any atom is 0.160 e. The van der Waals surface area contributed by atoms with Crippen molar-refractivity contribution < 1.29 is 4.42 Å². The van der Waals surface area contributed by atoms with Crippen LogP contribution in [0.25, 0.3) is 105 Å². The van der Waals surface area contributed by atoms with Crippen molar-refractivity contribution in [2.24, 2.45) is 0 Å². The van der Waals surface area contributed by atoms with E-state index in [4.69, 9.17) is 4.42 Å². The zero-order chi connectivity index (χ0) is 44.3. The van der Waals surface area contributed by atoms with E-state index in [0.717, 1.165) is 55.5 Å². The maximum atomic E-state index is 6.84. The predicted molar refractivity (Wildman–Crippen MR) is 282 cm³/mol. The topological polar surface area (TPSA) is 21.3 Å². The second-order valence-corrected chi connectivity index (χ2v) is 17.3. The van der Waals surface area contributed by atoms with E-state index in [1.807, 2.05) is 6.07 Å². The summed E-state index contributed by atoms with van der Waals surface area (Å²) < 4.78 is 9.20. The van der Waals surface area contributed by atoms with E-state index in [1.165, 1.54) is 66.3 Å². The molecule has 0 saturated carbocycles. The lowest BCUT2D eigenvalue weighted by atomic mass is 9.96. The molecule has 0 aliphatic rings. The number of nitrogens with zero attached hydrogens (tertiary/aromatic N) is 2. The summed E-state index contributed by atoms with van der Waals surface area (Å²) in [6, 6.07) is 91.8. The number of hydrogen-bond donors (Lipinski definition) is 0. The Labute approximate surface area is 388 Å². The Hall–Kier alpha value is -8.92. The summed E-state index contributed by atoms with van der Waals surface area (Å²) in [5.74, 6) is 0. The minimum Gasteiger partial charge on any atom is -0.454 e. The van der Waals surface area contributed by atoms with Gasteiger partial charge in [0.1, 0.15) is 5.58 Å². The molecule has 13 rings (SSSR count). The van der Waals surface area contributed by atoms with Crippen molar-refractivity contribution in [2.45, 2.75) is 0 Å². The van der Waals surface area contributed by atoms with Crippen LogP contribution >= 0.6 is 0 Å². The van der Waals surface area contributed by atoms with Crippen molar-refractivity contribution in [3.63, 3.8) is 0 Å². The van der Waals surface area contributed by atoms with Crippen molar-refractivity contribution in [2.75, 3.05) is 4.90 Å². The highest BCUT2D eigenvalue weighted by molar-refractivity contribution is 6.23. The molecule has 0 radical (unpaired) electrons. The number of anilines is 3. The molecule has 0 spiro atoms. The average Bonchev–Trinajstić information content (AvgIpc) is 3.96. The Balaban J connectivity index is 0.881. The van der Waals surface area contributed by atoms with Gasteiger partial charge in [0.2, 0.25) is 0 Å². The van der Waals surface area contributed by atoms with Crippen LogP contribution < -0.4 is 4.90 Å². The molecule has 3 nitrogen and oxygen atoms in total. The number of hydrogen-bond acceptors (Lipinski definition) is 2. The number of para-hydroxylation sites is 3. The highest BCUT2D eigenvalue weighted by Crippen LogP contribution is 2.46. The first kappa shape index (κ1) is 38.5. The fourth-order valence-corrected chi connectivity index (χ4v) is 10.1. The summed E-state index contributed by atoms with van der Waals surface area (Å²) in [5, 5.41) is 7.08. The van der Waals surface area contributed by atoms with E-state index in [1.54, 1.807) is 0 Å². The molecule has 2 heterocycles. The van der Waals surface area contributed by atoms with Crippen molar-refractivity contribution in [1.82, 2.24) is 4.57 Å². The lowest BCUT2D eigenvalue weighted by molar-refractivity contribution is 0.669. The third-order valence-electron chi connectivity index (χ3n) is 13.4. The van der Waals surface area contributed by atoms with E-state index in [2.05, 4.69) is 258 Å². The Morgan fingerprint density at radius 1 is 0.313 bits per heavy atom. The number of benzene rings is 11. The molecular formula is C64H42N2O. The highest BCUT2D eigenvalue weighted by Gasteiger charge is 2.22. The smallest absolute Gasteiger partial charge is 0.160 e. The summed E-state index contributed by atoms with van der Waals surface area (Å²) in [4.78, 5) is 2.36. The van der Waals surface area contributed by atoms with Crippen molar-refractivity contribution >= 4 is 71.6 Å². The van der Waals surface area contributed by atoms with Crippen LogP contribution in [0.1, 0.15) is 0 Å². The molecule has 0 aliphatic carbocycles. The summed E-state index contributed by atoms with van der Waals surface area (Å²) >= 11 is 0. The molecular weight excluding hydrogens is 813 g/mol. The fraction of sp³-hybridized carbons (Fsp3) is 0. The van der Waals surface area contributed by atoms with Gasteiger partial charge < -0.3 is 13.9 Å². The molecule has 3 heteroatoms. The summed E-state index contributed by atoms with van der Waals surface area (Å²) in [7, 11) is 0. The molecule has 2 aromatic heterocycles. The van der Waals surface area contributed by atoms with Crippen LogP contribution in [0, 0.1) is 0 Å². The second-order valence-electron chi connectivity index (χ2n) is 17.3. The fourth-order valence-electron chi connectivity index (χ4n) is 10.1. The van der Waals surface area contributed by atoms with Crippen LogP contribution in [0.15, 0.2) is 259 Å². The van der Waals surface area contributed by atoms with E-state index in [0.29, 0.717) is 0 Å². The van der Waals surface area contributed by atoms with Gasteiger partial charge in [-0.1, -0.05) is 182 Å². The van der Waals surface area contributed by atoms with Crippen molar-refractivity contribution in [3.05, 3.63) is 255 Å². The summed E-state index contributed by atoms with van der Waals surface area (Å²) in [5.41, 5.74) is 17.8. The third-order valence-corrected chi connectivity index (χ3v) is 13.4. The molecule has 67 heavy (non-hydrogen) atoms. The van der Waals surface area contributed by atoms with Crippen LogP contribution in [0.2, 0.25) is 0 Å². The standard InChI is InChI=1S/C64H42N2O/c1-3-15-43(16-4-1)44-33-36-53(37-34-44)65(61-42-51-17-7-8-24-55(51)63-57-26-10-12-28-62(57)67-64(61)63)54-23-14-20-49(40-54)48-19-13-18-47(39-48)45-29-31-46(32-30-45)50-35-38-60-58(41-50)56-25-9-11-27-59(56)66(60)52-21-5-2-6-22-52/h1-42H. The molecule has 0 aliphatic heterocycles. The molecule has 0 atom stereocenters. The molecule has 314 valence electrons. The van der Waals surface area contributed by atoms with Gasteiger partial charge in [-0.2, -0.15) is 0 Å². The molecule has 11 aromatic carbocycles. The van der Waals surface area contributed by atoms with Gasteiger partial charge in [-0.25, -0.2) is 0 Å². The Morgan fingerprint density at radius 2 is 0.836 bits per heavy atom. The van der Waals surface area contributed by atoms with E-state index >= 15 is 0 Å². The zero-order valence-electron chi connectivity index (χ0n) is 36.6. The van der Waals surface area contributed by atoms with Crippen LogP contribution in [-0.4, -0.2) is 4.57 Å². The monoisotopic (exact) mass is 854 g/mol. The molecule has 0 fully saturated rings. The van der Waals surface area contributed by atoms with Gasteiger partial charge >= 0.3 is 0 Å². The highest BCUT2D eigenvalue weighted by atomic mass is 16.3. The van der Waals surface area contributed by atoms with Gasteiger partial charge in [-0.15, -0.1) is 0 Å². The molecule has 0 saturated heterocycles. The number of aromatic nitrogens is 1. The minimum absolute atomic E-state index is 0.863. The molecule has 0 amide bonds. The van der Waals surface area contributed by atoms with E-state index < -0.39 is 0 Å². The van der Waals surface area contributed by atoms with Crippen molar-refractivity contribution in [1.29, 1.82) is 0 Å². The lowest BCUT2D eigenvalue weighted by Gasteiger charge is -2.27. The minimum atomic E-state index is 0.863. The SMILES string of the molecule is c1ccc(-c2ccc(N(c3cccc(-c4cccc(-c5ccc(-c6ccc7c(c6)c6ccccc6n7-c6ccccc6)cc5)c4)c3)c3cc4ccccc4c4c3oc3ccccc34)cc2)cc1. The quantitative estimate of drug-likeness (QED) is 0.152. The molecule has 0 unspecified atom stereocenters. The second kappa shape index (κ2) is 16.0. The third kappa shape index (κ3) is 6.67. The molecule has 13 aromatic rings. The first-order chi connectivity index (χ1) is 33.2. The lowest BCUT2D eigenvalue weighted by Crippen LogP contribution is -2.10. The van der Waals surface area contributed by atoms with Crippen LogP contribution in [-0.2, 0) is 0 Å². The van der Waals surface area contributed by atoms with Gasteiger partial charge in [0.15, 0.2) is 5.58 Å². The first-order valence-corrected chi connectivity index (χ1v) is 22.9. The van der Waals surface area contributed by atoms with Gasteiger partial charge in [0.05, 0.1) is 16.7 Å². The van der Waals surface area contributed by atoms with Gasteiger partial charge in [0.25, 0.3) is 0 Å². The zero-order valence-corrected chi connectivity index (χ0v) is 36.6. The Kier molecular flexibility index (Phi) is 9.17. The Morgan fingerprint density at radius 3 is 1.61 bits per heavy atom. The maximum absolute atomic E-state index is 6.84.